The molecule has 1 rings (SSSR count). The van der Waals surface area contributed by atoms with Crippen molar-refractivity contribution in [2.75, 3.05) is 12.4 Å². The molecule has 0 spiro atoms. The first-order valence-corrected chi connectivity index (χ1v) is 7.49. The van der Waals surface area contributed by atoms with Crippen LogP contribution >= 0.6 is 28.6 Å². The average Bonchev–Trinajstić information content (AvgIpc) is 2.36. The molecule has 0 unspecified atom stereocenters. The van der Waals surface area contributed by atoms with Crippen molar-refractivity contribution in [1.82, 2.24) is 0 Å². The summed E-state index contributed by atoms with van der Waals surface area (Å²) < 4.78 is 7.03. The average molecular weight is 317 g/mol. The van der Waals surface area contributed by atoms with Gasteiger partial charge in [0.15, 0.2) is 0 Å². The van der Waals surface area contributed by atoms with Gasteiger partial charge in [-0.15, -0.1) is 0 Å². The normalized spacial score (nSPS) is 11.6. The van der Waals surface area contributed by atoms with Crippen molar-refractivity contribution >= 4 is 28.6 Å². The molecule has 1 aromatic rings. The molecular formula is C14H21BrOS. The standard InChI is InChI=1S/C14H21BrOS/c1-4-14(5-2,10-17)9-16-12-6-7-13(15)11(3)8-12/h6-8,17H,4-5,9-10H2,1-3H3. The van der Waals surface area contributed by atoms with E-state index in [0.29, 0.717) is 0 Å². The van der Waals surface area contributed by atoms with Crippen molar-refractivity contribution in [2.45, 2.75) is 33.6 Å². The lowest BCUT2D eigenvalue weighted by molar-refractivity contribution is 0.157. The molecule has 1 nitrogen and oxygen atoms in total. The van der Waals surface area contributed by atoms with Gasteiger partial charge in [0, 0.05) is 9.89 Å². The van der Waals surface area contributed by atoms with E-state index in [1.165, 1.54) is 5.56 Å². The van der Waals surface area contributed by atoms with Crippen molar-refractivity contribution in [3.8, 4) is 5.75 Å². The number of benzene rings is 1. The maximum Gasteiger partial charge on any atom is 0.119 e. The minimum Gasteiger partial charge on any atom is -0.493 e. The summed E-state index contributed by atoms with van der Waals surface area (Å²) in [5.74, 6) is 1.81. The summed E-state index contributed by atoms with van der Waals surface area (Å²) in [6.45, 7) is 7.22. The molecule has 0 amide bonds. The zero-order chi connectivity index (χ0) is 12.9. The summed E-state index contributed by atoms with van der Waals surface area (Å²) in [6, 6.07) is 6.11. The number of hydrogen-bond acceptors (Lipinski definition) is 2. The highest BCUT2D eigenvalue weighted by molar-refractivity contribution is 9.10. The summed E-state index contributed by atoms with van der Waals surface area (Å²) in [7, 11) is 0. The van der Waals surface area contributed by atoms with E-state index in [2.05, 4.69) is 55.4 Å². The van der Waals surface area contributed by atoms with E-state index in [0.717, 1.165) is 35.4 Å². The molecule has 0 saturated carbocycles. The molecule has 0 saturated heterocycles. The van der Waals surface area contributed by atoms with Gasteiger partial charge in [0.05, 0.1) is 6.61 Å². The summed E-state index contributed by atoms with van der Waals surface area (Å²) in [5, 5.41) is 0. The van der Waals surface area contributed by atoms with E-state index in [4.69, 9.17) is 4.74 Å². The Morgan fingerprint density at radius 2 is 1.94 bits per heavy atom. The number of halogens is 1. The van der Waals surface area contributed by atoms with Crippen LogP contribution in [0.3, 0.4) is 0 Å². The molecule has 17 heavy (non-hydrogen) atoms. The van der Waals surface area contributed by atoms with E-state index in [1.807, 2.05) is 12.1 Å². The van der Waals surface area contributed by atoms with Crippen LogP contribution in [0.4, 0.5) is 0 Å². The Morgan fingerprint density at radius 1 is 1.29 bits per heavy atom. The van der Waals surface area contributed by atoms with Gasteiger partial charge in [0.2, 0.25) is 0 Å². The second kappa shape index (κ2) is 6.69. The predicted octanol–water partition coefficient (Wildman–Crippen LogP) is 4.87. The topological polar surface area (TPSA) is 9.23 Å². The lowest BCUT2D eigenvalue weighted by Crippen LogP contribution is -2.29. The van der Waals surface area contributed by atoms with Crippen molar-refractivity contribution in [1.29, 1.82) is 0 Å². The Hall–Kier alpha value is -0.150. The third kappa shape index (κ3) is 3.92. The van der Waals surface area contributed by atoms with Crippen LogP contribution in [0.15, 0.2) is 22.7 Å². The van der Waals surface area contributed by atoms with Gasteiger partial charge in [-0.1, -0.05) is 29.8 Å². The van der Waals surface area contributed by atoms with Crippen LogP contribution in [-0.2, 0) is 0 Å². The van der Waals surface area contributed by atoms with Gasteiger partial charge in [-0.25, -0.2) is 0 Å². The Bertz CT molecular complexity index is 353. The first-order valence-electron chi connectivity index (χ1n) is 6.06. The van der Waals surface area contributed by atoms with Gasteiger partial charge in [-0.2, -0.15) is 12.6 Å². The lowest BCUT2D eigenvalue weighted by Gasteiger charge is -2.29. The van der Waals surface area contributed by atoms with Crippen LogP contribution in [0.5, 0.6) is 5.75 Å². The molecule has 0 aromatic heterocycles. The second-order valence-corrected chi connectivity index (χ2v) is 5.74. The zero-order valence-corrected chi connectivity index (χ0v) is 13.3. The fraction of sp³-hybridized carbons (Fsp3) is 0.571. The fourth-order valence-electron chi connectivity index (χ4n) is 1.67. The van der Waals surface area contributed by atoms with E-state index in [9.17, 15) is 0 Å². The number of aryl methyl sites for hydroxylation is 1. The third-order valence-electron chi connectivity index (χ3n) is 3.51. The molecule has 0 heterocycles. The molecule has 0 N–H and O–H groups in total. The van der Waals surface area contributed by atoms with Gasteiger partial charge < -0.3 is 4.74 Å². The Labute approximate surface area is 118 Å². The molecule has 0 radical (unpaired) electrons. The molecule has 0 fully saturated rings. The Balaban J connectivity index is 2.68. The minimum atomic E-state index is 0.199. The van der Waals surface area contributed by atoms with Crippen LogP contribution in [0.25, 0.3) is 0 Å². The van der Waals surface area contributed by atoms with Crippen molar-refractivity contribution in [3.05, 3.63) is 28.2 Å². The molecule has 1 aromatic carbocycles. The van der Waals surface area contributed by atoms with Crippen LogP contribution in [0.1, 0.15) is 32.3 Å². The maximum absolute atomic E-state index is 5.91. The monoisotopic (exact) mass is 316 g/mol. The predicted molar refractivity (Wildman–Crippen MR) is 81.2 cm³/mol. The molecule has 96 valence electrons. The number of rotatable bonds is 6. The van der Waals surface area contributed by atoms with E-state index >= 15 is 0 Å². The zero-order valence-electron chi connectivity index (χ0n) is 10.8. The smallest absolute Gasteiger partial charge is 0.119 e. The Kier molecular flexibility index (Phi) is 5.87. The van der Waals surface area contributed by atoms with Gasteiger partial charge >= 0.3 is 0 Å². The van der Waals surface area contributed by atoms with Gasteiger partial charge in [0.25, 0.3) is 0 Å². The highest BCUT2D eigenvalue weighted by atomic mass is 79.9. The van der Waals surface area contributed by atoms with Gasteiger partial charge in [0.1, 0.15) is 5.75 Å². The largest absolute Gasteiger partial charge is 0.493 e. The lowest BCUT2D eigenvalue weighted by atomic mass is 9.85. The quantitative estimate of drug-likeness (QED) is 0.736. The number of thiol groups is 1. The van der Waals surface area contributed by atoms with E-state index < -0.39 is 0 Å². The highest BCUT2D eigenvalue weighted by Crippen LogP contribution is 2.30. The highest BCUT2D eigenvalue weighted by Gasteiger charge is 2.25. The SMILES string of the molecule is CCC(CC)(CS)COc1ccc(Br)c(C)c1. The summed E-state index contributed by atoms with van der Waals surface area (Å²) in [5.41, 5.74) is 1.40. The van der Waals surface area contributed by atoms with E-state index in [1.54, 1.807) is 0 Å². The number of hydrogen-bond donors (Lipinski definition) is 1. The molecule has 0 aliphatic rings. The first kappa shape index (κ1) is 14.9. The second-order valence-electron chi connectivity index (χ2n) is 4.56. The van der Waals surface area contributed by atoms with Crippen molar-refractivity contribution in [3.63, 3.8) is 0 Å². The molecule has 0 aliphatic heterocycles. The van der Waals surface area contributed by atoms with Crippen LogP contribution in [0.2, 0.25) is 0 Å². The van der Waals surface area contributed by atoms with Gasteiger partial charge in [-0.3, -0.25) is 0 Å². The molecule has 3 heteroatoms. The fourth-order valence-corrected chi connectivity index (χ4v) is 2.45. The molecule has 0 atom stereocenters. The van der Waals surface area contributed by atoms with Crippen LogP contribution < -0.4 is 4.74 Å². The molecule has 0 aliphatic carbocycles. The van der Waals surface area contributed by atoms with E-state index in [-0.39, 0.29) is 5.41 Å². The van der Waals surface area contributed by atoms with Gasteiger partial charge in [-0.05, 0) is 49.3 Å². The van der Waals surface area contributed by atoms with Crippen molar-refractivity contribution < 1.29 is 4.74 Å². The molecular weight excluding hydrogens is 296 g/mol. The molecule has 0 bridgehead atoms. The minimum absolute atomic E-state index is 0.199. The summed E-state index contributed by atoms with van der Waals surface area (Å²) in [6.07, 6.45) is 2.20. The number of ether oxygens (including phenoxy) is 1. The summed E-state index contributed by atoms with van der Waals surface area (Å²) >= 11 is 7.95. The van der Waals surface area contributed by atoms with Crippen molar-refractivity contribution in [2.24, 2.45) is 5.41 Å². The first-order chi connectivity index (χ1) is 8.06. The third-order valence-corrected chi connectivity index (χ3v) is 5.07. The summed E-state index contributed by atoms with van der Waals surface area (Å²) in [4.78, 5) is 0. The maximum atomic E-state index is 5.91. The Morgan fingerprint density at radius 3 is 2.41 bits per heavy atom. The van der Waals surface area contributed by atoms with Crippen LogP contribution in [-0.4, -0.2) is 12.4 Å². The van der Waals surface area contributed by atoms with Crippen LogP contribution in [0, 0.1) is 12.3 Å².